The summed E-state index contributed by atoms with van der Waals surface area (Å²) >= 11 is 6.37. The molecular weight excluding hydrogens is 408 g/mol. The molecule has 0 aliphatic carbocycles. The number of aryl methyl sites for hydroxylation is 1. The smallest absolute Gasteiger partial charge is 0.410 e. The lowest BCUT2D eigenvalue weighted by Crippen LogP contribution is -2.47. The number of likely N-dealkylation sites (tertiary alicyclic amines) is 1. The predicted molar refractivity (Wildman–Crippen MR) is 112 cm³/mol. The van der Waals surface area contributed by atoms with Crippen molar-refractivity contribution in [3.8, 4) is 0 Å². The molecular formula is C22H31ClN2O5. The molecule has 8 heteroatoms. The molecule has 7 nitrogen and oxygen atoms in total. The number of carbonyl (C=O) groups is 2. The van der Waals surface area contributed by atoms with Crippen LogP contribution in [0.15, 0.2) is 6.07 Å². The third-order valence-electron chi connectivity index (χ3n) is 5.83. The molecule has 1 saturated heterocycles. The first-order chi connectivity index (χ1) is 13.8. The summed E-state index contributed by atoms with van der Waals surface area (Å²) in [7, 11) is 1.37. The number of fused-ring (bicyclic) bond motifs is 2. The summed E-state index contributed by atoms with van der Waals surface area (Å²) < 4.78 is 17.1. The maximum Gasteiger partial charge on any atom is 0.410 e. The van der Waals surface area contributed by atoms with Crippen molar-refractivity contribution in [1.82, 2.24) is 9.88 Å². The minimum absolute atomic E-state index is 0.331. The first-order valence-corrected chi connectivity index (χ1v) is 10.6. The zero-order valence-corrected chi connectivity index (χ0v) is 19.6. The topological polar surface area (TPSA) is 78.0 Å². The van der Waals surface area contributed by atoms with Crippen LogP contribution in [0.3, 0.4) is 0 Å². The highest BCUT2D eigenvalue weighted by molar-refractivity contribution is 6.31. The van der Waals surface area contributed by atoms with Gasteiger partial charge >= 0.3 is 12.1 Å². The van der Waals surface area contributed by atoms with Crippen LogP contribution in [0.4, 0.5) is 4.79 Å². The Hall–Kier alpha value is -1.86. The largest absolute Gasteiger partial charge is 0.469 e. The van der Waals surface area contributed by atoms with Crippen LogP contribution < -0.4 is 0 Å². The highest BCUT2D eigenvalue weighted by Gasteiger charge is 2.55. The van der Waals surface area contributed by atoms with Gasteiger partial charge in [-0.05, 0) is 60.5 Å². The van der Waals surface area contributed by atoms with Gasteiger partial charge in [-0.3, -0.25) is 9.78 Å². The Morgan fingerprint density at radius 1 is 1.23 bits per heavy atom. The van der Waals surface area contributed by atoms with Gasteiger partial charge in [0.05, 0.1) is 28.9 Å². The van der Waals surface area contributed by atoms with Crippen molar-refractivity contribution < 1.29 is 23.8 Å². The van der Waals surface area contributed by atoms with Crippen molar-refractivity contribution in [1.29, 1.82) is 0 Å². The maximum absolute atomic E-state index is 12.5. The number of nitrogens with zero attached hydrogens (tertiary/aromatic N) is 2. The fraction of sp³-hybridized carbons (Fsp3) is 0.682. The van der Waals surface area contributed by atoms with E-state index in [1.165, 1.54) is 7.11 Å². The molecule has 1 aromatic rings. The quantitative estimate of drug-likeness (QED) is 0.631. The first-order valence-electron chi connectivity index (χ1n) is 10.2. The zero-order chi connectivity index (χ0) is 22.5. The van der Waals surface area contributed by atoms with Crippen molar-refractivity contribution in [3.05, 3.63) is 28.0 Å². The summed E-state index contributed by atoms with van der Waals surface area (Å²) in [6.45, 7) is 12.0. The molecule has 30 heavy (non-hydrogen) atoms. The van der Waals surface area contributed by atoms with E-state index in [1.807, 2.05) is 33.8 Å². The number of amides is 1. The van der Waals surface area contributed by atoms with Crippen LogP contribution in [0.5, 0.6) is 0 Å². The fourth-order valence-electron chi connectivity index (χ4n) is 4.14. The molecule has 1 unspecified atom stereocenters. The van der Waals surface area contributed by atoms with Gasteiger partial charge in [0.25, 0.3) is 0 Å². The minimum atomic E-state index is -0.921. The molecule has 0 N–H and O–H groups in total. The minimum Gasteiger partial charge on any atom is -0.469 e. The number of hydrogen-bond acceptors (Lipinski definition) is 6. The molecule has 0 radical (unpaired) electrons. The number of ether oxygens (including phenoxy) is 3. The molecule has 1 spiro atoms. The van der Waals surface area contributed by atoms with Crippen molar-refractivity contribution in [2.75, 3.05) is 20.2 Å². The summed E-state index contributed by atoms with van der Waals surface area (Å²) in [5.74, 6) is -0.363. The van der Waals surface area contributed by atoms with Crippen LogP contribution in [-0.2, 0) is 24.6 Å². The number of carbonyl (C=O) groups excluding carboxylic acids is 2. The molecule has 1 aromatic heterocycles. The number of piperidine rings is 1. The van der Waals surface area contributed by atoms with Gasteiger partial charge in [0.2, 0.25) is 0 Å². The molecule has 1 atom stereocenters. The number of hydrogen-bond donors (Lipinski definition) is 0. The van der Waals surface area contributed by atoms with E-state index >= 15 is 0 Å². The van der Waals surface area contributed by atoms with Crippen LogP contribution in [0.2, 0.25) is 5.02 Å². The Morgan fingerprint density at radius 3 is 2.37 bits per heavy atom. The van der Waals surface area contributed by atoms with Gasteiger partial charge < -0.3 is 19.1 Å². The van der Waals surface area contributed by atoms with Gasteiger partial charge in [-0.15, -0.1) is 0 Å². The van der Waals surface area contributed by atoms with E-state index in [2.05, 4.69) is 0 Å². The van der Waals surface area contributed by atoms with Gasteiger partial charge in [-0.25, -0.2) is 4.79 Å². The number of halogens is 1. The van der Waals surface area contributed by atoms with Crippen LogP contribution in [0.25, 0.3) is 0 Å². The molecule has 3 rings (SSSR count). The molecule has 2 aliphatic heterocycles. The van der Waals surface area contributed by atoms with E-state index in [9.17, 15) is 9.59 Å². The standard InChI is InChI=1S/C22H31ClN2O5/c1-13-15(23)12-14-16(24-13)22(29-17(14)21(5,6)18(26)28-7)8-10-25(11-9-22)19(27)30-20(2,3)4/h12,17H,8-11H2,1-7H3. The molecule has 1 amide bonds. The Bertz CT molecular complexity index is 854. The Morgan fingerprint density at radius 2 is 1.83 bits per heavy atom. The normalized spacial score (nSPS) is 20.8. The Labute approximate surface area is 183 Å². The summed E-state index contributed by atoms with van der Waals surface area (Å²) in [4.78, 5) is 31.4. The van der Waals surface area contributed by atoms with E-state index in [-0.39, 0.29) is 12.1 Å². The number of methoxy groups -OCH3 is 1. The highest BCUT2D eigenvalue weighted by Crippen LogP contribution is 2.55. The molecule has 0 bridgehead atoms. The predicted octanol–water partition coefficient (Wildman–Crippen LogP) is 4.54. The second kappa shape index (κ2) is 7.68. The first kappa shape index (κ1) is 22.8. The van der Waals surface area contributed by atoms with E-state index in [4.69, 9.17) is 30.8 Å². The van der Waals surface area contributed by atoms with Gasteiger partial charge in [0.15, 0.2) is 0 Å². The van der Waals surface area contributed by atoms with Gasteiger partial charge in [-0.2, -0.15) is 0 Å². The van der Waals surface area contributed by atoms with Crippen LogP contribution in [-0.4, -0.2) is 47.7 Å². The fourth-order valence-corrected chi connectivity index (χ4v) is 4.30. The van der Waals surface area contributed by atoms with Crippen molar-refractivity contribution in [2.24, 2.45) is 5.41 Å². The lowest BCUT2D eigenvalue weighted by atomic mass is 9.81. The average molecular weight is 439 g/mol. The van der Waals surface area contributed by atoms with Crippen LogP contribution in [0.1, 0.15) is 70.5 Å². The van der Waals surface area contributed by atoms with Crippen LogP contribution in [0, 0.1) is 12.3 Å². The van der Waals surface area contributed by atoms with E-state index in [1.54, 1.807) is 18.7 Å². The average Bonchev–Trinajstić information content (AvgIpc) is 2.94. The SMILES string of the molecule is COC(=O)C(C)(C)C1OC2(CCN(C(=O)OC(C)(C)C)CC2)c2nc(C)c(Cl)cc21. The monoisotopic (exact) mass is 438 g/mol. The molecule has 0 aromatic carbocycles. The molecule has 3 heterocycles. The van der Waals surface area contributed by atoms with Crippen molar-refractivity contribution in [2.45, 2.75) is 71.7 Å². The Balaban J connectivity index is 1.92. The molecule has 166 valence electrons. The summed E-state index contributed by atoms with van der Waals surface area (Å²) in [5.41, 5.74) is 0.175. The maximum atomic E-state index is 12.5. The van der Waals surface area contributed by atoms with Gasteiger partial charge in [0, 0.05) is 18.7 Å². The van der Waals surface area contributed by atoms with Crippen molar-refractivity contribution in [3.63, 3.8) is 0 Å². The van der Waals surface area contributed by atoms with Crippen LogP contribution >= 0.6 is 11.6 Å². The summed E-state index contributed by atoms with van der Waals surface area (Å²) in [5, 5.41) is 0.534. The molecule has 1 fully saturated rings. The number of aromatic nitrogens is 1. The number of rotatable bonds is 2. The third kappa shape index (κ3) is 4.02. The third-order valence-corrected chi connectivity index (χ3v) is 6.21. The van der Waals surface area contributed by atoms with Gasteiger partial charge in [0.1, 0.15) is 17.3 Å². The molecule has 0 saturated carbocycles. The number of pyridine rings is 1. The highest BCUT2D eigenvalue weighted by atomic mass is 35.5. The second-order valence-corrected chi connectivity index (χ2v) is 10.1. The lowest BCUT2D eigenvalue weighted by Gasteiger charge is -2.40. The van der Waals surface area contributed by atoms with E-state index < -0.39 is 22.7 Å². The zero-order valence-electron chi connectivity index (χ0n) is 18.8. The van der Waals surface area contributed by atoms with Crippen molar-refractivity contribution >= 4 is 23.7 Å². The lowest BCUT2D eigenvalue weighted by molar-refractivity contribution is -0.176. The van der Waals surface area contributed by atoms with Gasteiger partial charge in [-0.1, -0.05) is 11.6 Å². The van der Waals surface area contributed by atoms with E-state index in [0.29, 0.717) is 36.6 Å². The summed E-state index contributed by atoms with van der Waals surface area (Å²) in [6.07, 6.45) is 0.239. The second-order valence-electron chi connectivity index (χ2n) is 9.67. The summed E-state index contributed by atoms with van der Waals surface area (Å²) in [6, 6.07) is 1.85. The van der Waals surface area contributed by atoms with E-state index in [0.717, 1.165) is 11.3 Å². The number of esters is 1. The Kier molecular flexibility index (Phi) is 5.84. The molecule has 2 aliphatic rings.